The number of hydrogen-bond acceptors (Lipinski definition) is 4. The highest BCUT2D eigenvalue weighted by Crippen LogP contribution is 2.60. The molecule has 0 atom stereocenters. The van der Waals surface area contributed by atoms with Gasteiger partial charge in [0.25, 0.3) is 0 Å². The number of hydrogen-bond donors (Lipinski definition) is 1. The van der Waals surface area contributed by atoms with Crippen LogP contribution in [0.15, 0.2) is 30.3 Å². The van der Waals surface area contributed by atoms with Gasteiger partial charge in [0.1, 0.15) is 11.6 Å². The zero-order valence-corrected chi connectivity index (χ0v) is 22.3. The Kier molecular flexibility index (Phi) is 6.38. The number of nitrogens with zero attached hydrogens (tertiary/aromatic N) is 3. The number of carbonyl (C=O) groups is 2. The highest BCUT2D eigenvalue weighted by molar-refractivity contribution is 5.95. The summed E-state index contributed by atoms with van der Waals surface area (Å²) >= 11 is 0. The molecule has 0 unspecified atom stereocenters. The fourth-order valence-electron chi connectivity index (χ4n) is 7.15. The predicted molar refractivity (Wildman–Crippen MR) is 140 cm³/mol. The number of anilines is 1. The van der Waals surface area contributed by atoms with Crippen molar-refractivity contribution < 1.29 is 14.3 Å². The standard InChI is InChI=1S/C29H40N4O3/c1-6-32(27(35)29-15-19-11-20(16-29)13-21(12-19)17-29)18-26(34)30-25-14-24(28(2,3)4)31-33(25)22-7-9-23(36-5)10-8-22/h7-10,14,19-21H,6,11-13,15-18H2,1-5H3,(H,30,34). The Bertz CT molecular complexity index is 1090. The summed E-state index contributed by atoms with van der Waals surface area (Å²) in [5, 5.41) is 7.86. The topological polar surface area (TPSA) is 76.5 Å². The lowest BCUT2D eigenvalue weighted by molar-refractivity contribution is -0.158. The van der Waals surface area contributed by atoms with E-state index >= 15 is 0 Å². The summed E-state index contributed by atoms with van der Waals surface area (Å²) in [6.45, 7) is 8.88. The van der Waals surface area contributed by atoms with E-state index in [0.29, 0.717) is 30.1 Å². The number of methoxy groups -OCH3 is 1. The number of amides is 2. The van der Waals surface area contributed by atoms with Crippen LogP contribution in [0, 0.1) is 23.2 Å². The molecular formula is C29H40N4O3. The van der Waals surface area contributed by atoms with Gasteiger partial charge in [0, 0.05) is 18.0 Å². The molecule has 0 aliphatic heterocycles. The minimum absolute atomic E-state index is 0.0652. The van der Waals surface area contributed by atoms with E-state index in [4.69, 9.17) is 9.84 Å². The molecule has 4 aliphatic rings. The van der Waals surface area contributed by atoms with Crippen LogP contribution in [0.4, 0.5) is 5.82 Å². The van der Waals surface area contributed by atoms with E-state index in [1.807, 2.05) is 37.3 Å². The Morgan fingerprint density at radius 2 is 1.67 bits per heavy atom. The van der Waals surface area contributed by atoms with Crippen LogP contribution in [-0.2, 0) is 15.0 Å². The molecule has 4 aliphatic carbocycles. The third-order valence-electron chi connectivity index (χ3n) is 8.56. The van der Waals surface area contributed by atoms with Crippen LogP contribution in [0.3, 0.4) is 0 Å². The molecule has 1 N–H and O–H groups in total. The number of aromatic nitrogens is 2. The largest absolute Gasteiger partial charge is 0.497 e. The lowest BCUT2D eigenvalue weighted by Gasteiger charge is -2.56. The molecule has 194 valence electrons. The van der Waals surface area contributed by atoms with E-state index in [9.17, 15) is 9.59 Å². The highest BCUT2D eigenvalue weighted by atomic mass is 16.5. The Hall–Kier alpha value is -2.83. The van der Waals surface area contributed by atoms with Crippen molar-refractivity contribution in [3.05, 3.63) is 36.0 Å². The molecule has 0 spiro atoms. The SMILES string of the molecule is CCN(CC(=O)Nc1cc(C(C)(C)C)nn1-c1ccc(OC)cc1)C(=O)C12CC3CC(CC(C3)C1)C2. The lowest BCUT2D eigenvalue weighted by Crippen LogP contribution is -2.55. The van der Waals surface area contributed by atoms with Crippen molar-refractivity contribution in [1.82, 2.24) is 14.7 Å². The second-order valence-corrected chi connectivity index (χ2v) is 12.3. The van der Waals surface area contributed by atoms with Gasteiger partial charge in [0.05, 0.1) is 30.5 Å². The molecular weight excluding hydrogens is 452 g/mol. The molecule has 7 heteroatoms. The molecule has 1 aromatic heterocycles. The first-order valence-electron chi connectivity index (χ1n) is 13.4. The third kappa shape index (κ3) is 4.64. The zero-order valence-electron chi connectivity index (χ0n) is 22.3. The number of carbonyl (C=O) groups excluding carboxylic acids is 2. The Morgan fingerprint density at radius 1 is 1.08 bits per heavy atom. The third-order valence-corrected chi connectivity index (χ3v) is 8.56. The zero-order chi connectivity index (χ0) is 25.7. The fraction of sp³-hybridized carbons (Fsp3) is 0.621. The first kappa shape index (κ1) is 24.8. The Balaban J connectivity index is 1.34. The van der Waals surface area contributed by atoms with Gasteiger partial charge in [0.2, 0.25) is 11.8 Å². The van der Waals surface area contributed by atoms with Crippen molar-refractivity contribution in [1.29, 1.82) is 0 Å². The molecule has 4 fully saturated rings. The maximum Gasteiger partial charge on any atom is 0.245 e. The van der Waals surface area contributed by atoms with Crippen molar-refractivity contribution in [2.75, 3.05) is 25.5 Å². The molecule has 0 radical (unpaired) electrons. The van der Waals surface area contributed by atoms with E-state index in [1.165, 1.54) is 19.3 Å². The van der Waals surface area contributed by atoms with E-state index in [0.717, 1.165) is 36.4 Å². The molecule has 1 heterocycles. The smallest absolute Gasteiger partial charge is 0.245 e. The Labute approximate surface area is 214 Å². The van der Waals surface area contributed by atoms with Crippen LogP contribution >= 0.6 is 0 Å². The van der Waals surface area contributed by atoms with Crippen LogP contribution in [0.25, 0.3) is 5.69 Å². The maximum atomic E-state index is 13.8. The summed E-state index contributed by atoms with van der Waals surface area (Å²) in [5.74, 6) is 3.46. The van der Waals surface area contributed by atoms with E-state index in [2.05, 4.69) is 26.1 Å². The maximum absolute atomic E-state index is 13.8. The summed E-state index contributed by atoms with van der Waals surface area (Å²) in [7, 11) is 1.64. The van der Waals surface area contributed by atoms with Crippen molar-refractivity contribution in [3.8, 4) is 11.4 Å². The van der Waals surface area contributed by atoms with Crippen LogP contribution in [0.2, 0.25) is 0 Å². The first-order chi connectivity index (χ1) is 17.1. The summed E-state index contributed by atoms with van der Waals surface area (Å²) in [6, 6.07) is 9.52. The average molecular weight is 493 g/mol. The summed E-state index contributed by atoms with van der Waals surface area (Å²) in [5.41, 5.74) is 1.29. The van der Waals surface area contributed by atoms with Gasteiger partial charge >= 0.3 is 0 Å². The van der Waals surface area contributed by atoms with Crippen LogP contribution in [-0.4, -0.2) is 46.7 Å². The average Bonchev–Trinajstić information content (AvgIpc) is 3.25. The van der Waals surface area contributed by atoms with Gasteiger partial charge < -0.3 is 15.0 Å². The highest BCUT2D eigenvalue weighted by Gasteiger charge is 2.55. The van der Waals surface area contributed by atoms with Gasteiger partial charge in [-0.3, -0.25) is 9.59 Å². The monoisotopic (exact) mass is 492 g/mol. The molecule has 7 nitrogen and oxygen atoms in total. The fourth-order valence-corrected chi connectivity index (χ4v) is 7.15. The molecule has 36 heavy (non-hydrogen) atoms. The summed E-state index contributed by atoms with van der Waals surface area (Å²) in [6.07, 6.45) is 6.92. The quantitative estimate of drug-likeness (QED) is 0.578. The second-order valence-electron chi connectivity index (χ2n) is 12.3. The van der Waals surface area contributed by atoms with Gasteiger partial charge in [-0.25, -0.2) is 4.68 Å². The van der Waals surface area contributed by atoms with Crippen molar-refractivity contribution in [3.63, 3.8) is 0 Å². The van der Waals surface area contributed by atoms with E-state index < -0.39 is 0 Å². The van der Waals surface area contributed by atoms with Gasteiger partial charge in [0.15, 0.2) is 0 Å². The van der Waals surface area contributed by atoms with Crippen molar-refractivity contribution in [2.45, 2.75) is 71.6 Å². The minimum atomic E-state index is -0.241. The normalized spacial score (nSPS) is 26.6. The van der Waals surface area contributed by atoms with Gasteiger partial charge in [-0.2, -0.15) is 5.10 Å². The number of nitrogens with one attached hydrogen (secondary N) is 1. The van der Waals surface area contributed by atoms with E-state index in [-0.39, 0.29) is 29.2 Å². The Morgan fingerprint density at radius 3 is 2.17 bits per heavy atom. The van der Waals surface area contributed by atoms with Crippen molar-refractivity contribution >= 4 is 17.6 Å². The van der Waals surface area contributed by atoms with Crippen LogP contribution < -0.4 is 10.1 Å². The number of ether oxygens (including phenoxy) is 1. The first-order valence-corrected chi connectivity index (χ1v) is 13.4. The number of benzene rings is 1. The molecule has 4 saturated carbocycles. The van der Waals surface area contributed by atoms with Crippen molar-refractivity contribution in [2.24, 2.45) is 23.2 Å². The molecule has 2 amide bonds. The lowest BCUT2D eigenvalue weighted by atomic mass is 9.49. The van der Waals surface area contributed by atoms with Gasteiger partial charge in [-0.1, -0.05) is 20.8 Å². The molecule has 0 saturated heterocycles. The molecule has 1 aromatic carbocycles. The van der Waals surface area contributed by atoms with Crippen LogP contribution in [0.5, 0.6) is 5.75 Å². The van der Waals surface area contributed by atoms with E-state index in [1.54, 1.807) is 16.7 Å². The second kappa shape index (κ2) is 9.24. The minimum Gasteiger partial charge on any atom is -0.497 e. The number of likely N-dealkylation sites (N-methyl/N-ethyl adjacent to an activating group) is 1. The number of rotatable bonds is 7. The molecule has 6 rings (SSSR count). The van der Waals surface area contributed by atoms with Gasteiger partial charge in [-0.05, 0) is 87.5 Å². The predicted octanol–water partition coefficient (Wildman–Crippen LogP) is 5.18. The van der Waals surface area contributed by atoms with Gasteiger partial charge in [-0.15, -0.1) is 0 Å². The summed E-state index contributed by atoms with van der Waals surface area (Å²) in [4.78, 5) is 28.9. The molecule has 2 aromatic rings. The molecule has 4 bridgehead atoms. The van der Waals surface area contributed by atoms with Crippen LogP contribution in [0.1, 0.15) is 71.9 Å². The summed E-state index contributed by atoms with van der Waals surface area (Å²) < 4.78 is 7.05.